The van der Waals surface area contributed by atoms with E-state index in [1.54, 1.807) is 37.3 Å². The van der Waals surface area contributed by atoms with Gasteiger partial charge >= 0.3 is 18.3 Å². The van der Waals surface area contributed by atoms with Crippen LogP contribution < -0.4 is 15.4 Å². The zero-order valence-corrected chi connectivity index (χ0v) is 26.9. The lowest BCUT2D eigenvalue weighted by molar-refractivity contribution is -0.148. The molecule has 1 aliphatic heterocycles. The maximum atomic E-state index is 13.7. The van der Waals surface area contributed by atoms with Gasteiger partial charge in [0.2, 0.25) is 5.95 Å². The van der Waals surface area contributed by atoms with Gasteiger partial charge in [0.15, 0.2) is 0 Å². The molecule has 0 amide bonds. The third-order valence-electron chi connectivity index (χ3n) is 8.39. The quantitative estimate of drug-likeness (QED) is 0.131. The van der Waals surface area contributed by atoms with Gasteiger partial charge < -0.3 is 23.8 Å². The van der Waals surface area contributed by atoms with Gasteiger partial charge in [0.1, 0.15) is 0 Å². The van der Waals surface area contributed by atoms with Gasteiger partial charge in [-0.2, -0.15) is 26.3 Å². The highest BCUT2D eigenvalue weighted by atomic mass is 19.4. The monoisotopic (exact) mass is 691 g/mol. The lowest BCUT2D eigenvalue weighted by atomic mass is 9.97. The van der Waals surface area contributed by atoms with E-state index in [9.17, 15) is 35.9 Å². The maximum absolute atomic E-state index is 13.7. The molecule has 1 aliphatic rings. The highest BCUT2D eigenvalue weighted by molar-refractivity contribution is 5.82. The van der Waals surface area contributed by atoms with Crippen molar-refractivity contribution in [3.63, 3.8) is 0 Å². The number of benzene rings is 2. The number of hydrogen-bond acceptors (Lipinski definition) is 8. The molecule has 0 spiro atoms. The number of carbonyl (C=O) groups excluding carboxylic acids is 1. The number of carbonyl (C=O) groups is 1. The second-order valence-corrected chi connectivity index (χ2v) is 11.7. The highest BCUT2D eigenvalue weighted by Crippen LogP contribution is 2.37. The number of anilines is 2. The summed E-state index contributed by atoms with van der Waals surface area (Å²) in [6.07, 6.45) is -5.90. The van der Waals surface area contributed by atoms with Crippen LogP contribution in [-0.2, 0) is 46.3 Å². The normalized spacial score (nSPS) is 14.3. The van der Waals surface area contributed by atoms with Crippen LogP contribution >= 0.6 is 0 Å². The topological polar surface area (TPSA) is 89.8 Å². The lowest BCUT2D eigenvalue weighted by Crippen LogP contribution is -2.37. The molecule has 5 rings (SSSR count). The van der Waals surface area contributed by atoms with Crippen molar-refractivity contribution in [1.82, 2.24) is 14.5 Å². The van der Waals surface area contributed by atoms with Crippen LogP contribution in [0.1, 0.15) is 42.1 Å². The van der Waals surface area contributed by atoms with Crippen LogP contribution in [0.5, 0.6) is 0 Å². The number of nitrogens with zero attached hydrogens (tertiary/aromatic N) is 5. The van der Waals surface area contributed by atoms with Crippen LogP contribution in [0.15, 0.2) is 65.7 Å². The average molecular weight is 692 g/mol. The summed E-state index contributed by atoms with van der Waals surface area (Å²) in [5.74, 6) is -0.445. The highest BCUT2D eigenvalue weighted by Gasteiger charge is 2.37. The summed E-state index contributed by atoms with van der Waals surface area (Å²) < 4.78 is 94.3. The maximum Gasteiger partial charge on any atom is 0.416 e. The van der Waals surface area contributed by atoms with Crippen LogP contribution in [-0.4, -0.2) is 53.9 Å². The molecular formula is C34H35F6N5O4. The Hall–Kier alpha value is -4.66. The van der Waals surface area contributed by atoms with Gasteiger partial charge in [-0.15, -0.1) is 0 Å². The van der Waals surface area contributed by atoms with Crippen LogP contribution in [0.2, 0.25) is 0 Å². The Morgan fingerprint density at radius 2 is 1.57 bits per heavy atom. The molecule has 0 unspecified atom stereocenters. The second-order valence-electron chi connectivity index (χ2n) is 11.7. The molecule has 1 saturated heterocycles. The molecule has 2 aromatic heterocycles. The number of pyridine rings is 1. The summed E-state index contributed by atoms with van der Waals surface area (Å²) in [6, 6.07) is 10.0. The molecule has 3 heterocycles. The van der Waals surface area contributed by atoms with Crippen molar-refractivity contribution < 1.29 is 40.6 Å². The molecular weight excluding hydrogens is 656 g/mol. The van der Waals surface area contributed by atoms with Gasteiger partial charge in [0, 0.05) is 44.4 Å². The van der Waals surface area contributed by atoms with E-state index in [1.165, 1.54) is 29.0 Å². The first-order valence-electron chi connectivity index (χ1n) is 15.7. The molecule has 0 aliphatic carbocycles. The van der Waals surface area contributed by atoms with Crippen molar-refractivity contribution >= 4 is 28.4 Å². The number of esters is 1. The van der Waals surface area contributed by atoms with E-state index in [-0.39, 0.29) is 54.7 Å². The molecule has 262 valence electrons. The summed E-state index contributed by atoms with van der Waals surface area (Å²) in [4.78, 5) is 38.1. The second kappa shape index (κ2) is 14.8. The van der Waals surface area contributed by atoms with Crippen molar-refractivity contribution in [2.45, 2.75) is 51.8 Å². The molecule has 1 fully saturated rings. The molecule has 0 atom stereocenters. The Morgan fingerprint density at radius 1 is 0.939 bits per heavy atom. The number of rotatable bonds is 11. The summed E-state index contributed by atoms with van der Waals surface area (Å²) in [6.45, 7) is 2.85. The van der Waals surface area contributed by atoms with Crippen molar-refractivity contribution in [1.29, 1.82) is 0 Å². The Balaban J connectivity index is 1.53. The molecule has 0 bridgehead atoms. The smallest absolute Gasteiger partial charge is 0.416 e. The van der Waals surface area contributed by atoms with Crippen LogP contribution in [0, 0.1) is 5.92 Å². The van der Waals surface area contributed by atoms with Gasteiger partial charge in [0.25, 0.3) is 5.56 Å². The van der Waals surface area contributed by atoms with Crippen molar-refractivity contribution in [2.75, 3.05) is 43.2 Å². The van der Waals surface area contributed by atoms with E-state index in [0.717, 1.165) is 0 Å². The fourth-order valence-electron chi connectivity index (χ4n) is 5.91. The molecule has 2 aromatic carbocycles. The Labute approximate surface area is 278 Å². The molecule has 49 heavy (non-hydrogen) atoms. The van der Waals surface area contributed by atoms with Crippen molar-refractivity contribution in [3.05, 3.63) is 93.7 Å². The van der Waals surface area contributed by atoms with Gasteiger partial charge in [-0.3, -0.25) is 9.59 Å². The predicted octanol–water partition coefficient (Wildman–Crippen LogP) is 6.46. The molecule has 0 saturated carbocycles. The first-order valence-corrected chi connectivity index (χ1v) is 15.7. The van der Waals surface area contributed by atoms with E-state index >= 15 is 0 Å². The number of piperidine rings is 1. The Morgan fingerprint density at radius 3 is 2.16 bits per heavy atom. The minimum absolute atomic E-state index is 0.0232. The van der Waals surface area contributed by atoms with Crippen molar-refractivity contribution in [2.24, 2.45) is 5.92 Å². The van der Waals surface area contributed by atoms with Gasteiger partial charge in [-0.05, 0) is 61.0 Å². The molecule has 0 N–H and O–H groups in total. The van der Waals surface area contributed by atoms with Gasteiger partial charge in [0.05, 0.1) is 54.9 Å². The number of alkyl halides is 6. The predicted molar refractivity (Wildman–Crippen MR) is 170 cm³/mol. The third kappa shape index (κ3) is 8.50. The number of aromatic nitrogens is 3. The summed E-state index contributed by atoms with van der Waals surface area (Å²) in [7, 11) is 1.47. The molecule has 9 nitrogen and oxygen atoms in total. The fourth-order valence-corrected chi connectivity index (χ4v) is 5.91. The van der Waals surface area contributed by atoms with E-state index in [4.69, 9.17) is 9.47 Å². The largest absolute Gasteiger partial charge is 0.466 e. The van der Waals surface area contributed by atoms with E-state index in [1.807, 2.05) is 4.90 Å². The summed E-state index contributed by atoms with van der Waals surface area (Å²) >= 11 is 0. The van der Waals surface area contributed by atoms with E-state index in [0.29, 0.717) is 66.8 Å². The standard InChI is InChI=1S/C34H35F6N5O4/c1-3-49-31(47)23-8-10-43(11-9-23)28-18-41-32(42-19-28)44(20-22-14-25(33(35,36)37)17-26(15-22)34(38,39)40)21-27-16-24-6-4-5-7-29(24)30(46)45(27)12-13-48-2/h4-7,14-19,23H,3,8-13,20-21H2,1-2H3. The molecule has 4 aromatic rings. The van der Waals surface area contributed by atoms with Gasteiger partial charge in [-0.25, -0.2) is 9.97 Å². The molecule has 0 radical (unpaired) electrons. The number of ether oxygens (including phenoxy) is 2. The minimum Gasteiger partial charge on any atom is -0.466 e. The van der Waals surface area contributed by atoms with E-state index < -0.39 is 30.0 Å². The first-order chi connectivity index (χ1) is 23.3. The molecule has 15 heteroatoms. The number of fused-ring (bicyclic) bond motifs is 1. The summed E-state index contributed by atoms with van der Waals surface area (Å²) in [5, 5.41) is 1.05. The Bertz CT molecular complexity index is 1790. The minimum atomic E-state index is -5.03. The summed E-state index contributed by atoms with van der Waals surface area (Å²) in [5.41, 5.74) is -2.43. The van der Waals surface area contributed by atoms with Crippen molar-refractivity contribution in [3.8, 4) is 0 Å². The van der Waals surface area contributed by atoms with Crippen LogP contribution in [0.3, 0.4) is 0 Å². The third-order valence-corrected chi connectivity index (χ3v) is 8.39. The first kappa shape index (κ1) is 35.6. The Kier molecular flexibility index (Phi) is 10.8. The zero-order valence-electron chi connectivity index (χ0n) is 26.9. The van der Waals surface area contributed by atoms with Crippen LogP contribution in [0.4, 0.5) is 38.0 Å². The SMILES string of the molecule is CCOC(=O)C1CCN(c2cnc(N(Cc3cc(C(F)(F)F)cc(C(F)(F)F)c3)Cc3cc4ccccc4c(=O)n3CCOC)nc2)CC1. The number of methoxy groups -OCH3 is 1. The fraction of sp³-hybridized carbons (Fsp3) is 0.412. The number of hydrogen-bond donors (Lipinski definition) is 0. The number of halogens is 6. The zero-order chi connectivity index (χ0) is 35.3. The van der Waals surface area contributed by atoms with Gasteiger partial charge in [-0.1, -0.05) is 18.2 Å². The average Bonchev–Trinajstić information content (AvgIpc) is 3.07. The van der Waals surface area contributed by atoms with Crippen LogP contribution in [0.25, 0.3) is 10.8 Å². The van der Waals surface area contributed by atoms with E-state index in [2.05, 4.69) is 9.97 Å². The lowest BCUT2D eigenvalue weighted by Gasteiger charge is -2.32.